The van der Waals surface area contributed by atoms with E-state index in [1.54, 1.807) is 18.3 Å². The number of carbonyl (C=O) groups excluding carboxylic acids is 2. The van der Waals surface area contributed by atoms with E-state index in [4.69, 9.17) is 19.9 Å². The molecule has 3 N–H and O–H groups in total. The van der Waals surface area contributed by atoms with Crippen LogP contribution in [0.4, 0.5) is 21.1 Å². The van der Waals surface area contributed by atoms with Crippen molar-refractivity contribution in [2.24, 2.45) is 5.73 Å². The number of fused-ring (bicyclic) bond motifs is 3. The van der Waals surface area contributed by atoms with Gasteiger partial charge in [0.05, 0.1) is 18.8 Å². The van der Waals surface area contributed by atoms with Gasteiger partial charge >= 0.3 is 12.2 Å². The molecule has 156 valence electrons. The molecule has 3 aliphatic rings. The van der Waals surface area contributed by atoms with Gasteiger partial charge in [0, 0.05) is 18.3 Å². The van der Waals surface area contributed by atoms with Gasteiger partial charge in [-0.25, -0.2) is 14.6 Å². The lowest BCUT2D eigenvalue weighted by atomic mass is 10.0. The van der Waals surface area contributed by atoms with Crippen molar-refractivity contribution in [3.05, 3.63) is 36.5 Å². The van der Waals surface area contributed by atoms with E-state index in [1.165, 1.54) is 9.80 Å². The summed E-state index contributed by atoms with van der Waals surface area (Å²) in [6.45, 7) is 0.624. The van der Waals surface area contributed by atoms with E-state index >= 15 is 0 Å². The second kappa shape index (κ2) is 7.15. The maximum absolute atomic E-state index is 12.2. The number of hydrogen-bond donors (Lipinski definition) is 2. The summed E-state index contributed by atoms with van der Waals surface area (Å²) < 4.78 is 16.2. The molecule has 5 rings (SSSR count). The maximum atomic E-state index is 12.2. The van der Waals surface area contributed by atoms with Gasteiger partial charge in [0.1, 0.15) is 30.3 Å². The fraction of sp³-hybridized carbons (Fsp3) is 0.350. The molecule has 0 radical (unpaired) electrons. The number of aliphatic hydroxyl groups is 1. The predicted molar refractivity (Wildman–Crippen MR) is 105 cm³/mol. The van der Waals surface area contributed by atoms with Crippen LogP contribution in [0, 0.1) is 0 Å². The fourth-order valence-corrected chi connectivity index (χ4v) is 3.92. The SMILES string of the molecule is NCC1CN(c2ccc(-c3ccc4c(c3)OC[C@H]3[C@H](CO)OC(=O)N43)cn2)C(=O)O1. The number of rotatable bonds is 4. The summed E-state index contributed by atoms with van der Waals surface area (Å²) in [6, 6.07) is 8.72. The van der Waals surface area contributed by atoms with Gasteiger partial charge in [-0.05, 0) is 29.8 Å². The molecule has 0 spiro atoms. The Bertz CT molecular complexity index is 997. The lowest BCUT2D eigenvalue weighted by Crippen LogP contribution is -2.45. The summed E-state index contributed by atoms with van der Waals surface area (Å²) in [5.74, 6) is 1.05. The van der Waals surface area contributed by atoms with Crippen LogP contribution in [0.3, 0.4) is 0 Å². The molecule has 2 aromatic rings. The van der Waals surface area contributed by atoms with Gasteiger partial charge in [-0.15, -0.1) is 0 Å². The molecule has 30 heavy (non-hydrogen) atoms. The normalized spacial score (nSPS) is 24.8. The number of ether oxygens (including phenoxy) is 3. The molecule has 3 atom stereocenters. The van der Waals surface area contributed by atoms with Crippen LogP contribution in [0.25, 0.3) is 11.1 Å². The van der Waals surface area contributed by atoms with Crippen LogP contribution in [0.2, 0.25) is 0 Å². The number of nitrogens with two attached hydrogens (primary N) is 1. The smallest absolute Gasteiger partial charge is 0.415 e. The Morgan fingerprint density at radius 2 is 1.97 bits per heavy atom. The molecule has 1 aromatic carbocycles. The lowest BCUT2D eigenvalue weighted by Gasteiger charge is -2.31. The number of hydrogen-bond acceptors (Lipinski definition) is 8. The van der Waals surface area contributed by atoms with Gasteiger partial charge in [-0.2, -0.15) is 0 Å². The summed E-state index contributed by atoms with van der Waals surface area (Å²) in [7, 11) is 0. The van der Waals surface area contributed by atoms with E-state index in [1.807, 2.05) is 18.2 Å². The van der Waals surface area contributed by atoms with Crippen LogP contribution >= 0.6 is 0 Å². The quantitative estimate of drug-likeness (QED) is 0.765. The number of cyclic esters (lactones) is 2. The van der Waals surface area contributed by atoms with Crippen molar-refractivity contribution in [2.45, 2.75) is 18.2 Å². The Hall–Kier alpha value is -3.37. The highest BCUT2D eigenvalue weighted by atomic mass is 16.6. The molecule has 2 saturated heterocycles. The minimum atomic E-state index is -0.599. The number of pyridine rings is 1. The van der Waals surface area contributed by atoms with Crippen LogP contribution in [0.5, 0.6) is 5.75 Å². The third kappa shape index (κ3) is 2.92. The first kappa shape index (κ1) is 18.6. The van der Waals surface area contributed by atoms with Crippen LogP contribution < -0.4 is 20.3 Å². The van der Waals surface area contributed by atoms with Crippen LogP contribution in [0.15, 0.2) is 36.5 Å². The zero-order valence-corrected chi connectivity index (χ0v) is 15.9. The lowest BCUT2D eigenvalue weighted by molar-refractivity contribution is 0.0734. The molecule has 2 fully saturated rings. The number of benzene rings is 1. The molecule has 1 unspecified atom stereocenters. The molecular formula is C20H20N4O6. The van der Waals surface area contributed by atoms with Crippen molar-refractivity contribution >= 4 is 23.7 Å². The number of nitrogens with zero attached hydrogens (tertiary/aromatic N) is 3. The Balaban J connectivity index is 1.39. The Morgan fingerprint density at radius 3 is 2.67 bits per heavy atom. The summed E-state index contributed by atoms with van der Waals surface area (Å²) in [6.07, 6.45) is -0.212. The molecule has 0 aliphatic carbocycles. The molecule has 4 heterocycles. The monoisotopic (exact) mass is 412 g/mol. The van der Waals surface area contributed by atoms with Crippen LogP contribution in [0.1, 0.15) is 0 Å². The highest BCUT2D eigenvalue weighted by Crippen LogP contribution is 2.41. The van der Waals surface area contributed by atoms with Crippen LogP contribution in [-0.4, -0.2) is 66.8 Å². The largest absolute Gasteiger partial charge is 0.489 e. The Labute approximate surface area is 171 Å². The van der Waals surface area contributed by atoms with Gasteiger partial charge in [-0.3, -0.25) is 9.80 Å². The number of carbonyl (C=O) groups is 2. The third-order valence-corrected chi connectivity index (χ3v) is 5.51. The molecule has 1 aromatic heterocycles. The fourth-order valence-electron chi connectivity index (χ4n) is 3.92. The summed E-state index contributed by atoms with van der Waals surface area (Å²) in [5, 5.41) is 9.40. The Kier molecular flexibility index (Phi) is 4.44. The van der Waals surface area contributed by atoms with E-state index in [0.29, 0.717) is 23.8 Å². The molecule has 0 bridgehead atoms. The first-order chi connectivity index (χ1) is 14.6. The number of aromatic nitrogens is 1. The van der Waals surface area contributed by atoms with Gasteiger partial charge in [0.25, 0.3) is 0 Å². The van der Waals surface area contributed by atoms with Gasteiger partial charge < -0.3 is 25.1 Å². The summed E-state index contributed by atoms with van der Waals surface area (Å²) in [5.41, 5.74) is 7.85. The number of aliphatic hydroxyl groups excluding tert-OH is 1. The van der Waals surface area contributed by atoms with Crippen molar-refractivity contribution in [3.63, 3.8) is 0 Å². The average Bonchev–Trinajstić information content (AvgIpc) is 3.32. The van der Waals surface area contributed by atoms with E-state index in [9.17, 15) is 14.7 Å². The third-order valence-electron chi connectivity index (χ3n) is 5.51. The van der Waals surface area contributed by atoms with Crippen LogP contribution in [-0.2, 0) is 9.47 Å². The van der Waals surface area contributed by atoms with Crippen molar-refractivity contribution in [1.82, 2.24) is 4.98 Å². The van der Waals surface area contributed by atoms with E-state index < -0.39 is 18.3 Å². The van der Waals surface area contributed by atoms with E-state index in [0.717, 1.165) is 11.1 Å². The standard InChI is InChI=1S/C20H20N4O6/c21-6-13-8-23(19(26)29-13)18-4-2-12(7-22-18)11-1-3-14-16(5-11)28-10-15-17(9-25)30-20(27)24(14)15/h1-5,7,13,15,17,25H,6,8-10,21H2/t13?,15-,17-/m0/s1. The highest BCUT2D eigenvalue weighted by molar-refractivity contribution is 5.94. The predicted octanol–water partition coefficient (Wildman–Crippen LogP) is 1.11. The van der Waals surface area contributed by atoms with Crippen molar-refractivity contribution in [2.75, 3.05) is 36.1 Å². The molecule has 3 aliphatic heterocycles. The Morgan fingerprint density at radius 1 is 1.13 bits per heavy atom. The van der Waals surface area contributed by atoms with Crippen molar-refractivity contribution in [3.8, 4) is 16.9 Å². The van der Waals surface area contributed by atoms with Gasteiger partial charge in [0.15, 0.2) is 6.10 Å². The second-order valence-corrected chi connectivity index (χ2v) is 7.29. The minimum absolute atomic E-state index is 0.240. The maximum Gasteiger partial charge on any atom is 0.415 e. The summed E-state index contributed by atoms with van der Waals surface area (Å²) in [4.78, 5) is 31.5. The zero-order chi connectivity index (χ0) is 20.8. The van der Waals surface area contributed by atoms with Crippen molar-refractivity contribution in [1.29, 1.82) is 0 Å². The topological polar surface area (TPSA) is 127 Å². The highest BCUT2D eigenvalue weighted by Gasteiger charge is 2.46. The second-order valence-electron chi connectivity index (χ2n) is 7.29. The molecular weight excluding hydrogens is 392 g/mol. The average molecular weight is 412 g/mol. The summed E-state index contributed by atoms with van der Waals surface area (Å²) >= 11 is 0. The zero-order valence-electron chi connectivity index (χ0n) is 15.9. The minimum Gasteiger partial charge on any atom is -0.489 e. The van der Waals surface area contributed by atoms with E-state index in [-0.39, 0.29) is 31.9 Å². The molecule has 2 amide bonds. The molecule has 10 heteroatoms. The van der Waals surface area contributed by atoms with Gasteiger partial charge in [-0.1, -0.05) is 6.07 Å². The van der Waals surface area contributed by atoms with E-state index in [2.05, 4.69) is 4.98 Å². The molecule has 0 saturated carbocycles. The first-order valence-corrected chi connectivity index (χ1v) is 9.61. The number of anilines is 2. The van der Waals surface area contributed by atoms with Crippen molar-refractivity contribution < 1.29 is 28.9 Å². The van der Waals surface area contributed by atoms with Gasteiger partial charge in [0.2, 0.25) is 0 Å². The molecule has 10 nitrogen and oxygen atoms in total. The first-order valence-electron chi connectivity index (χ1n) is 9.61. The number of amides is 2.